The topological polar surface area (TPSA) is 62.3 Å². The van der Waals surface area contributed by atoms with Crippen LogP contribution in [0.1, 0.15) is 49.3 Å². The summed E-state index contributed by atoms with van der Waals surface area (Å²) in [6, 6.07) is 10.5. The van der Waals surface area contributed by atoms with Gasteiger partial charge in [-0.15, -0.1) is 11.6 Å². The summed E-state index contributed by atoms with van der Waals surface area (Å²) in [6.07, 6.45) is 9.22. The minimum atomic E-state index is -0.772. The van der Waals surface area contributed by atoms with Crippen molar-refractivity contribution < 1.29 is 9.59 Å². The van der Waals surface area contributed by atoms with Gasteiger partial charge in [0.2, 0.25) is 11.8 Å². The van der Waals surface area contributed by atoms with E-state index in [9.17, 15) is 9.59 Å². The van der Waals surface area contributed by atoms with Gasteiger partial charge in [0.15, 0.2) is 0 Å². The number of rotatable bonds is 8. The monoisotopic (exact) mass is 447 g/mol. The van der Waals surface area contributed by atoms with Crippen LogP contribution in [0.2, 0.25) is 5.02 Å². The van der Waals surface area contributed by atoms with Crippen molar-refractivity contribution in [2.45, 2.75) is 50.6 Å². The van der Waals surface area contributed by atoms with Gasteiger partial charge in [-0.3, -0.25) is 14.6 Å². The summed E-state index contributed by atoms with van der Waals surface area (Å²) in [5, 5.41) is 3.80. The Hall–Kier alpha value is -2.11. The second-order valence-corrected chi connectivity index (χ2v) is 8.34. The number of amides is 2. The highest BCUT2D eigenvalue weighted by Gasteiger charge is 2.32. The van der Waals surface area contributed by atoms with Crippen LogP contribution < -0.4 is 5.32 Å². The molecule has 1 aliphatic carbocycles. The first kappa shape index (κ1) is 22.6. The lowest BCUT2D eigenvalue weighted by atomic mass is 9.94. The molecule has 1 fully saturated rings. The van der Waals surface area contributed by atoms with Crippen LogP contribution in [0.15, 0.2) is 48.8 Å². The zero-order chi connectivity index (χ0) is 21.3. The Labute approximate surface area is 187 Å². The van der Waals surface area contributed by atoms with E-state index in [4.69, 9.17) is 23.2 Å². The van der Waals surface area contributed by atoms with E-state index < -0.39 is 6.04 Å². The molecule has 30 heavy (non-hydrogen) atoms. The lowest BCUT2D eigenvalue weighted by Crippen LogP contribution is -2.48. The van der Waals surface area contributed by atoms with E-state index in [1.165, 1.54) is 6.42 Å². The largest absolute Gasteiger partial charge is 0.351 e. The summed E-state index contributed by atoms with van der Waals surface area (Å²) in [6.45, 7) is 0.351. The number of hydrogen-bond acceptors (Lipinski definition) is 3. The summed E-state index contributed by atoms with van der Waals surface area (Å²) in [4.78, 5) is 31.8. The van der Waals surface area contributed by atoms with Gasteiger partial charge in [0.1, 0.15) is 11.9 Å². The van der Waals surface area contributed by atoms with Gasteiger partial charge in [-0.25, -0.2) is 0 Å². The molecule has 7 heteroatoms. The molecule has 1 N–H and O–H groups in total. The fourth-order valence-corrected chi connectivity index (χ4v) is 4.32. The van der Waals surface area contributed by atoms with E-state index >= 15 is 0 Å². The molecular weight excluding hydrogens is 421 g/mol. The zero-order valence-electron chi connectivity index (χ0n) is 16.9. The molecule has 0 radical (unpaired) electrons. The van der Waals surface area contributed by atoms with Gasteiger partial charge in [0, 0.05) is 35.6 Å². The fraction of sp³-hybridized carbons (Fsp3) is 0.435. The number of nitrogens with zero attached hydrogens (tertiary/aromatic N) is 2. The molecule has 2 amide bonds. The molecule has 0 spiro atoms. The second kappa shape index (κ2) is 11.3. The first-order valence-electron chi connectivity index (χ1n) is 10.4. The maximum absolute atomic E-state index is 13.3. The van der Waals surface area contributed by atoms with E-state index in [0.717, 1.165) is 31.2 Å². The Kier molecular flexibility index (Phi) is 8.52. The van der Waals surface area contributed by atoms with Crippen molar-refractivity contribution in [3.05, 3.63) is 64.9 Å². The van der Waals surface area contributed by atoms with Crippen LogP contribution >= 0.6 is 23.2 Å². The molecule has 2 aromatic rings. The van der Waals surface area contributed by atoms with E-state index in [-0.39, 0.29) is 23.7 Å². The predicted octanol–water partition coefficient (Wildman–Crippen LogP) is 4.54. The van der Waals surface area contributed by atoms with Crippen molar-refractivity contribution in [2.75, 3.05) is 12.4 Å². The number of pyridine rings is 1. The number of hydrogen-bond donors (Lipinski definition) is 1. The molecule has 0 saturated heterocycles. The standard InChI is InChI=1S/C23H27Cl2N3O2/c24-15-21(29)28(13-11-17-6-4-8-19(25)14-17)22(18-7-5-12-26-16-18)23(30)27-20-9-2-1-3-10-20/h4-8,12,14,16,20,22H,1-3,9-11,13,15H2,(H,27,30). The molecule has 160 valence electrons. The molecule has 1 atom stereocenters. The Morgan fingerprint density at radius 3 is 2.63 bits per heavy atom. The minimum absolute atomic E-state index is 0.145. The van der Waals surface area contributed by atoms with Gasteiger partial charge in [-0.1, -0.05) is 49.1 Å². The van der Waals surface area contributed by atoms with Crippen LogP contribution in [0.4, 0.5) is 0 Å². The maximum Gasteiger partial charge on any atom is 0.247 e. The number of carbonyl (C=O) groups excluding carboxylic acids is 2. The Morgan fingerprint density at radius 1 is 1.17 bits per heavy atom. The number of alkyl halides is 1. The Morgan fingerprint density at radius 2 is 1.97 bits per heavy atom. The summed E-state index contributed by atoms with van der Waals surface area (Å²) >= 11 is 12.0. The molecule has 1 aromatic heterocycles. The second-order valence-electron chi connectivity index (χ2n) is 7.63. The molecule has 5 nitrogen and oxygen atoms in total. The quantitative estimate of drug-likeness (QED) is 0.604. The van der Waals surface area contributed by atoms with Crippen molar-refractivity contribution in [1.29, 1.82) is 0 Å². The van der Waals surface area contributed by atoms with E-state index in [2.05, 4.69) is 10.3 Å². The van der Waals surface area contributed by atoms with Crippen LogP contribution in [-0.4, -0.2) is 40.2 Å². The molecule has 1 heterocycles. The van der Waals surface area contributed by atoms with Crippen molar-refractivity contribution in [3.8, 4) is 0 Å². The highest BCUT2D eigenvalue weighted by molar-refractivity contribution is 6.30. The van der Waals surface area contributed by atoms with Crippen LogP contribution in [0, 0.1) is 0 Å². The van der Waals surface area contributed by atoms with E-state index in [1.807, 2.05) is 30.3 Å². The van der Waals surface area contributed by atoms with Crippen LogP contribution in [-0.2, 0) is 16.0 Å². The number of carbonyl (C=O) groups is 2. The van der Waals surface area contributed by atoms with Gasteiger partial charge in [-0.2, -0.15) is 0 Å². The minimum Gasteiger partial charge on any atom is -0.351 e. The highest BCUT2D eigenvalue weighted by atomic mass is 35.5. The van der Waals surface area contributed by atoms with Gasteiger partial charge in [0.05, 0.1) is 0 Å². The summed E-state index contributed by atoms with van der Waals surface area (Å²) < 4.78 is 0. The SMILES string of the molecule is O=C(NC1CCCCC1)C(c1cccnc1)N(CCc1cccc(Cl)c1)C(=O)CCl. The summed E-state index contributed by atoms with van der Waals surface area (Å²) in [7, 11) is 0. The lowest BCUT2D eigenvalue weighted by molar-refractivity contribution is -0.139. The van der Waals surface area contributed by atoms with Crippen molar-refractivity contribution in [3.63, 3.8) is 0 Å². The van der Waals surface area contributed by atoms with Gasteiger partial charge in [-0.05, 0) is 43.0 Å². The normalized spacial score (nSPS) is 15.4. The smallest absolute Gasteiger partial charge is 0.247 e. The predicted molar refractivity (Wildman–Crippen MR) is 120 cm³/mol. The van der Waals surface area contributed by atoms with Crippen LogP contribution in [0.25, 0.3) is 0 Å². The van der Waals surface area contributed by atoms with E-state index in [1.54, 1.807) is 23.4 Å². The van der Waals surface area contributed by atoms with Crippen molar-refractivity contribution in [1.82, 2.24) is 15.2 Å². The Balaban J connectivity index is 1.84. The van der Waals surface area contributed by atoms with Gasteiger partial charge >= 0.3 is 0 Å². The molecule has 3 rings (SSSR count). The molecule has 1 unspecified atom stereocenters. The average Bonchev–Trinajstić information content (AvgIpc) is 2.77. The number of nitrogens with one attached hydrogen (secondary N) is 1. The third-order valence-electron chi connectivity index (χ3n) is 5.48. The average molecular weight is 448 g/mol. The van der Waals surface area contributed by atoms with Crippen LogP contribution in [0.5, 0.6) is 0 Å². The van der Waals surface area contributed by atoms with E-state index in [0.29, 0.717) is 23.6 Å². The van der Waals surface area contributed by atoms with Crippen LogP contribution in [0.3, 0.4) is 0 Å². The zero-order valence-corrected chi connectivity index (χ0v) is 18.4. The number of halogens is 2. The van der Waals surface area contributed by atoms with Crippen molar-refractivity contribution in [2.24, 2.45) is 0 Å². The summed E-state index contributed by atoms with van der Waals surface area (Å²) in [5.74, 6) is -0.658. The fourth-order valence-electron chi connectivity index (χ4n) is 3.95. The molecule has 0 bridgehead atoms. The molecular formula is C23H27Cl2N3O2. The Bertz CT molecular complexity index is 841. The molecule has 0 aliphatic heterocycles. The summed E-state index contributed by atoms with van der Waals surface area (Å²) in [5.41, 5.74) is 1.67. The van der Waals surface area contributed by atoms with Crippen molar-refractivity contribution >= 4 is 35.0 Å². The van der Waals surface area contributed by atoms with Gasteiger partial charge in [0.25, 0.3) is 0 Å². The first-order chi connectivity index (χ1) is 14.6. The molecule has 1 saturated carbocycles. The lowest BCUT2D eigenvalue weighted by Gasteiger charge is -2.33. The number of benzene rings is 1. The molecule has 1 aromatic carbocycles. The first-order valence-corrected chi connectivity index (χ1v) is 11.3. The number of aromatic nitrogens is 1. The maximum atomic E-state index is 13.3. The third kappa shape index (κ3) is 6.19. The van der Waals surface area contributed by atoms with Gasteiger partial charge < -0.3 is 10.2 Å². The molecule has 1 aliphatic rings. The third-order valence-corrected chi connectivity index (χ3v) is 5.94. The highest BCUT2D eigenvalue weighted by Crippen LogP contribution is 2.24.